The van der Waals surface area contributed by atoms with Gasteiger partial charge >= 0.3 is 5.69 Å². The molecule has 1 heterocycles. The Bertz CT molecular complexity index is 488. The van der Waals surface area contributed by atoms with Crippen molar-refractivity contribution in [1.82, 2.24) is 0 Å². The van der Waals surface area contributed by atoms with Crippen LogP contribution in [0.15, 0.2) is 18.2 Å². The molecular weight excluding hydrogens is 266 g/mol. The van der Waals surface area contributed by atoms with Crippen LogP contribution in [0.5, 0.6) is 0 Å². The number of nitrogens with one attached hydrogen (secondary N) is 1. The lowest BCUT2D eigenvalue weighted by Crippen LogP contribution is -2.39. The van der Waals surface area contributed by atoms with Crippen molar-refractivity contribution in [2.24, 2.45) is 0 Å². The summed E-state index contributed by atoms with van der Waals surface area (Å²) in [7, 11) is 0. The van der Waals surface area contributed by atoms with Crippen LogP contribution in [0.2, 0.25) is 0 Å². The predicted molar refractivity (Wildman–Crippen MR) is 87.2 cm³/mol. The third-order valence-corrected chi connectivity index (χ3v) is 4.12. The van der Waals surface area contributed by atoms with Gasteiger partial charge in [0, 0.05) is 19.1 Å². The molecule has 1 aliphatic rings. The minimum atomic E-state index is -0.245. The second kappa shape index (κ2) is 7.29. The number of para-hydroxylation sites is 1. The highest BCUT2D eigenvalue weighted by molar-refractivity contribution is 5.77. The molecule has 0 saturated carbocycles. The van der Waals surface area contributed by atoms with E-state index in [0.29, 0.717) is 18.3 Å². The minimum absolute atomic E-state index is 0.224. The van der Waals surface area contributed by atoms with E-state index in [4.69, 9.17) is 0 Å². The zero-order valence-corrected chi connectivity index (χ0v) is 13.0. The molecule has 0 bridgehead atoms. The van der Waals surface area contributed by atoms with E-state index in [1.807, 2.05) is 19.1 Å². The molecule has 1 saturated heterocycles. The summed E-state index contributed by atoms with van der Waals surface area (Å²) in [5.41, 5.74) is 1.62. The van der Waals surface area contributed by atoms with Gasteiger partial charge < -0.3 is 10.2 Å². The van der Waals surface area contributed by atoms with Crippen molar-refractivity contribution in [3.63, 3.8) is 0 Å². The Labute approximate surface area is 126 Å². The predicted octanol–water partition coefficient (Wildman–Crippen LogP) is 4.19. The van der Waals surface area contributed by atoms with E-state index < -0.39 is 0 Å². The van der Waals surface area contributed by atoms with Crippen molar-refractivity contribution in [1.29, 1.82) is 0 Å². The normalized spacial score (nSPS) is 18.6. The van der Waals surface area contributed by atoms with Gasteiger partial charge in [-0.05, 0) is 44.7 Å². The number of nitrogens with zero attached hydrogens (tertiary/aromatic N) is 2. The average molecular weight is 291 g/mol. The van der Waals surface area contributed by atoms with Crippen LogP contribution in [0.25, 0.3) is 0 Å². The molecule has 116 valence electrons. The molecule has 0 amide bonds. The smallest absolute Gasteiger partial charge is 0.315 e. The van der Waals surface area contributed by atoms with Crippen molar-refractivity contribution in [2.75, 3.05) is 23.3 Å². The summed E-state index contributed by atoms with van der Waals surface area (Å²) >= 11 is 0. The first-order valence-electron chi connectivity index (χ1n) is 7.97. The van der Waals surface area contributed by atoms with E-state index in [1.54, 1.807) is 6.07 Å². The maximum Gasteiger partial charge on any atom is 0.315 e. The molecule has 0 aromatic heterocycles. The van der Waals surface area contributed by atoms with Gasteiger partial charge in [-0.3, -0.25) is 10.1 Å². The van der Waals surface area contributed by atoms with Gasteiger partial charge in [-0.25, -0.2) is 0 Å². The first-order chi connectivity index (χ1) is 10.2. The number of hydrogen-bond acceptors (Lipinski definition) is 4. The molecule has 5 nitrogen and oxygen atoms in total. The average Bonchev–Trinajstić information content (AvgIpc) is 2.48. The van der Waals surface area contributed by atoms with Crippen LogP contribution in [0.3, 0.4) is 0 Å². The fourth-order valence-electron chi connectivity index (χ4n) is 3.24. The largest absolute Gasteiger partial charge is 0.380 e. The summed E-state index contributed by atoms with van der Waals surface area (Å²) in [6.45, 7) is 5.73. The Balaban J connectivity index is 2.40. The van der Waals surface area contributed by atoms with E-state index in [0.717, 1.165) is 37.9 Å². The number of anilines is 2. The number of piperidine rings is 1. The van der Waals surface area contributed by atoms with Gasteiger partial charge in [0.2, 0.25) is 0 Å². The first kappa shape index (κ1) is 15.6. The first-order valence-corrected chi connectivity index (χ1v) is 7.97. The lowest BCUT2D eigenvalue weighted by Gasteiger charge is -2.37. The highest BCUT2D eigenvalue weighted by Gasteiger charge is 2.29. The van der Waals surface area contributed by atoms with Crippen LogP contribution >= 0.6 is 0 Å². The Morgan fingerprint density at radius 2 is 2.19 bits per heavy atom. The number of benzene rings is 1. The van der Waals surface area contributed by atoms with Crippen molar-refractivity contribution in [3.05, 3.63) is 28.3 Å². The molecule has 1 N–H and O–H groups in total. The van der Waals surface area contributed by atoms with E-state index in [1.165, 1.54) is 6.42 Å². The zero-order chi connectivity index (χ0) is 15.2. The van der Waals surface area contributed by atoms with Gasteiger partial charge in [0.05, 0.1) is 4.92 Å². The molecule has 2 rings (SSSR count). The highest BCUT2D eigenvalue weighted by Crippen LogP contribution is 2.38. The fourth-order valence-corrected chi connectivity index (χ4v) is 3.24. The van der Waals surface area contributed by atoms with Crippen LogP contribution in [-0.2, 0) is 0 Å². The summed E-state index contributed by atoms with van der Waals surface area (Å²) < 4.78 is 0. The molecule has 0 aliphatic carbocycles. The zero-order valence-electron chi connectivity index (χ0n) is 13.0. The number of nitro benzene ring substituents is 1. The van der Waals surface area contributed by atoms with Crippen LogP contribution in [0.4, 0.5) is 17.1 Å². The lowest BCUT2D eigenvalue weighted by atomic mass is 9.97. The summed E-state index contributed by atoms with van der Waals surface area (Å²) in [5, 5.41) is 14.7. The molecule has 1 aromatic carbocycles. The van der Waals surface area contributed by atoms with Gasteiger partial charge in [-0.1, -0.05) is 19.4 Å². The highest BCUT2D eigenvalue weighted by atomic mass is 16.6. The molecule has 1 unspecified atom stereocenters. The van der Waals surface area contributed by atoms with Crippen molar-refractivity contribution >= 4 is 17.1 Å². The topological polar surface area (TPSA) is 58.4 Å². The van der Waals surface area contributed by atoms with Crippen molar-refractivity contribution < 1.29 is 4.92 Å². The third kappa shape index (κ3) is 3.46. The van der Waals surface area contributed by atoms with Crippen molar-refractivity contribution in [2.45, 2.75) is 52.0 Å². The number of hydrogen-bond donors (Lipinski definition) is 1. The summed E-state index contributed by atoms with van der Waals surface area (Å²) in [6, 6.07) is 6.04. The molecular formula is C16H25N3O2. The van der Waals surface area contributed by atoms with Gasteiger partial charge in [0.25, 0.3) is 0 Å². The molecule has 0 spiro atoms. The summed E-state index contributed by atoms with van der Waals surface area (Å²) in [6.07, 6.45) is 5.69. The fraction of sp³-hybridized carbons (Fsp3) is 0.625. The molecule has 21 heavy (non-hydrogen) atoms. The Morgan fingerprint density at radius 1 is 1.38 bits per heavy atom. The SMILES string of the molecule is CCCC1CCCCN1c1cccc(NCC)c1[N+](=O)[O-]. The monoisotopic (exact) mass is 291 g/mol. The number of nitro groups is 1. The van der Waals surface area contributed by atoms with Gasteiger partial charge in [0.15, 0.2) is 0 Å². The quantitative estimate of drug-likeness (QED) is 0.631. The lowest BCUT2D eigenvalue weighted by molar-refractivity contribution is -0.383. The van der Waals surface area contributed by atoms with Crippen LogP contribution in [0, 0.1) is 10.1 Å². The van der Waals surface area contributed by atoms with E-state index in [2.05, 4.69) is 17.1 Å². The van der Waals surface area contributed by atoms with Crippen LogP contribution < -0.4 is 10.2 Å². The van der Waals surface area contributed by atoms with E-state index in [-0.39, 0.29) is 10.6 Å². The van der Waals surface area contributed by atoms with Gasteiger partial charge in [-0.15, -0.1) is 0 Å². The minimum Gasteiger partial charge on any atom is -0.380 e. The maximum absolute atomic E-state index is 11.6. The van der Waals surface area contributed by atoms with Crippen molar-refractivity contribution in [3.8, 4) is 0 Å². The van der Waals surface area contributed by atoms with Crippen LogP contribution in [0.1, 0.15) is 46.0 Å². The standard InChI is InChI=1S/C16H25N3O2/c1-3-8-13-9-5-6-12-18(13)15-11-7-10-14(17-4-2)16(15)19(20)21/h7,10-11,13,17H,3-6,8-9,12H2,1-2H3. The number of rotatable bonds is 6. The Hall–Kier alpha value is -1.78. The Kier molecular flexibility index (Phi) is 5.42. The molecule has 1 atom stereocenters. The van der Waals surface area contributed by atoms with E-state index >= 15 is 0 Å². The van der Waals surface area contributed by atoms with Gasteiger partial charge in [-0.2, -0.15) is 0 Å². The summed E-state index contributed by atoms with van der Waals surface area (Å²) in [5.74, 6) is 0. The molecule has 0 radical (unpaired) electrons. The molecule has 5 heteroatoms. The second-order valence-electron chi connectivity index (χ2n) is 5.59. The third-order valence-electron chi connectivity index (χ3n) is 4.12. The second-order valence-corrected chi connectivity index (χ2v) is 5.59. The molecule has 1 aromatic rings. The maximum atomic E-state index is 11.6. The van der Waals surface area contributed by atoms with Crippen LogP contribution in [-0.4, -0.2) is 24.1 Å². The van der Waals surface area contributed by atoms with E-state index in [9.17, 15) is 10.1 Å². The summed E-state index contributed by atoms with van der Waals surface area (Å²) in [4.78, 5) is 13.6. The molecule has 1 aliphatic heterocycles. The van der Waals surface area contributed by atoms with Gasteiger partial charge in [0.1, 0.15) is 11.4 Å². The molecule has 1 fully saturated rings. The Morgan fingerprint density at radius 3 is 2.86 bits per heavy atom.